The predicted molar refractivity (Wildman–Crippen MR) is 162 cm³/mol. The van der Waals surface area contributed by atoms with Gasteiger partial charge in [0.25, 0.3) is 0 Å². The number of halogens is 1. The van der Waals surface area contributed by atoms with Crippen LogP contribution in [0, 0.1) is 10.8 Å². The maximum absolute atomic E-state index is 12.4. The Morgan fingerprint density at radius 1 is 0.667 bits per heavy atom. The van der Waals surface area contributed by atoms with E-state index in [1.165, 1.54) is 40.6 Å². The van der Waals surface area contributed by atoms with Crippen molar-refractivity contribution in [2.24, 2.45) is 10.8 Å². The molecule has 0 saturated heterocycles. The molecule has 0 aromatic carbocycles. The summed E-state index contributed by atoms with van der Waals surface area (Å²) in [5, 5.41) is 15.8. The van der Waals surface area contributed by atoms with E-state index in [1.54, 1.807) is 24.6 Å². The summed E-state index contributed by atoms with van der Waals surface area (Å²) >= 11 is 0. The molecule has 0 spiro atoms. The second-order valence-electron chi connectivity index (χ2n) is 11.1. The van der Waals surface area contributed by atoms with Crippen LogP contribution in [0.15, 0.2) is 70.9 Å². The number of carbonyl (C=O) groups excluding carboxylic acids is 2. The molecular formula is C30H44GaIN4O6. The molecule has 0 radical (unpaired) electrons. The fourth-order valence-electron chi connectivity index (χ4n) is 3.89. The van der Waals surface area contributed by atoms with E-state index in [0.29, 0.717) is 73.5 Å². The summed E-state index contributed by atoms with van der Waals surface area (Å²) in [6.07, 6.45) is 9.64. The number of nitrogens with one attached hydrogen (secondary N) is 2. The van der Waals surface area contributed by atoms with Gasteiger partial charge in [-0.25, -0.2) is 0 Å². The molecule has 0 aromatic rings. The Morgan fingerprint density at radius 3 is 1.33 bits per heavy atom. The molecular weight excluding hydrogens is 706 g/mol. The predicted octanol–water partition coefficient (Wildman–Crippen LogP) is 0.643. The molecule has 0 aromatic heterocycles. The molecule has 2 N–H and O–H groups in total. The Kier molecular flexibility index (Phi) is 18.2. The van der Waals surface area contributed by atoms with Gasteiger partial charge in [-0.3, -0.25) is 9.59 Å². The van der Waals surface area contributed by atoms with Crippen LogP contribution in [-0.4, -0.2) is 99.1 Å². The zero-order chi connectivity index (χ0) is 29.8. The standard InChI is InChI=1S/C30H44N4O6.Ga.HI/c1-29(2,19-33-15-23-25(35)11-21(37-5)13-27(23)39-7)17-31-9-10-32-18-30(3,4)20-34-16-24-26(36)12-22(38-6)14-28(24)40-8;;/h11-16,33-34H,9-10,17-20H2,1-8H3;;1H/q-2;+3;/p-1/b23-15-,24-16+;;/i;1-3;. The molecule has 10 nitrogen and oxygen atoms in total. The summed E-state index contributed by atoms with van der Waals surface area (Å²) in [6.45, 7) is 12.4. The first kappa shape index (κ1) is 39.9. The quantitative estimate of drug-likeness (QED) is 0.0963. The minimum atomic E-state index is -0.167. The van der Waals surface area contributed by atoms with E-state index in [1.807, 2.05) is 0 Å². The topological polar surface area (TPSA) is 123 Å². The number of allylic oxidation sites excluding steroid dienone is 6. The molecule has 0 saturated carbocycles. The molecule has 2 aliphatic rings. The Balaban J connectivity index is 0.00000840. The molecule has 2 aliphatic carbocycles. The minimum absolute atomic E-state index is 0. The van der Waals surface area contributed by atoms with Crippen LogP contribution in [0.25, 0.3) is 10.6 Å². The average molecular weight is 751 g/mol. The number of hydrogen-bond donors (Lipinski definition) is 2. The summed E-state index contributed by atoms with van der Waals surface area (Å²) < 4.78 is 20.9. The van der Waals surface area contributed by atoms with Crippen LogP contribution >= 0.6 is 0 Å². The van der Waals surface area contributed by atoms with E-state index in [2.05, 4.69) is 49.0 Å². The minimum Gasteiger partial charge on any atom is -1.00 e. The zero-order valence-corrected chi connectivity index (χ0v) is 30.6. The molecule has 0 fully saturated rings. The van der Waals surface area contributed by atoms with Gasteiger partial charge in [-0.05, 0) is 10.8 Å². The van der Waals surface area contributed by atoms with Crippen LogP contribution in [-0.2, 0) is 28.5 Å². The third kappa shape index (κ3) is 13.0. The van der Waals surface area contributed by atoms with Crippen LogP contribution in [0.3, 0.4) is 0 Å². The van der Waals surface area contributed by atoms with Crippen molar-refractivity contribution >= 4 is 31.4 Å². The summed E-state index contributed by atoms with van der Waals surface area (Å²) in [6, 6.07) is 0. The Morgan fingerprint density at radius 2 is 1.02 bits per heavy atom. The molecule has 42 heavy (non-hydrogen) atoms. The first-order chi connectivity index (χ1) is 18.9. The third-order valence-corrected chi connectivity index (χ3v) is 6.22. The summed E-state index contributed by atoms with van der Waals surface area (Å²) in [4.78, 5) is 24.7. The fraction of sp³-hybridized carbons (Fsp3) is 0.533. The van der Waals surface area contributed by atoms with E-state index >= 15 is 0 Å². The number of nitrogens with zero attached hydrogens (tertiary/aromatic N) is 2. The fourth-order valence-corrected chi connectivity index (χ4v) is 3.89. The van der Waals surface area contributed by atoms with Gasteiger partial charge in [-0.15, -0.1) is 13.1 Å². The SMILES string of the molecule is COC1=CC(=O)/C(=C\NCC(C)(C)C[N-]CC[N-]CC(C)(C)CN/C=C2/C(=O)C=C(OC)C=C2OC)C(OC)=C1.[67Ga+3].[I-]. The monoisotopic (exact) mass is 750 g/mol. The Hall–Kier alpha value is -2.13. The van der Waals surface area contributed by atoms with Crippen molar-refractivity contribution in [3.8, 4) is 0 Å². The van der Waals surface area contributed by atoms with Crippen molar-refractivity contribution in [1.82, 2.24) is 10.6 Å². The number of carbonyl (C=O) groups is 2. The Labute approximate surface area is 280 Å². The van der Waals surface area contributed by atoms with Crippen molar-refractivity contribution in [2.75, 3.05) is 67.7 Å². The second kappa shape index (κ2) is 19.2. The molecule has 0 bridgehead atoms. The summed E-state index contributed by atoms with van der Waals surface area (Å²) in [7, 11) is 6.08. The summed E-state index contributed by atoms with van der Waals surface area (Å²) in [5.74, 6) is 1.53. The molecule has 2 rings (SSSR count). The first-order valence-electron chi connectivity index (χ1n) is 13.2. The molecule has 12 heteroatoms. The number of ether oxygens (including phenoxy) is 4. The number of methoxy groups -OCH3 is 4. The van der Waals surface area contributed by atoms with Crippen molar-refractivity contribution in [3.05, 3.63) is 81.5 Å². The maximum atomic E-state index is 12.4. The van der Waals surface area contributed by atoms with E-state index in [9.17, 15) is 9.59 Å². The van der Waals surface area contributed by atoms with Crippen LogP contribution in [0.2, 0.25) is 0 Å². The van der Waals surface area contributed by atoms with Crippen LogP contribution < -0.4 is 34.6 Å². The van der Waals surface area contributed by atoms with Gasteiger partial charge in [-0.2, -0.15) is 13.1 Å². The number of rotatable bonds is 17. The number of ketones is 2. The van der Waals surface area contributed by atoms with Gasteiger partial charge in [0.2, 0.25) is 0 Å². The number of hydrogen-bond acceptors (Lipinski definition) is 8. The van der Waals surface area contributed by atoms with Crippen molar-refractivity contribution < 1.29 is 52.5 Å². The average Bonchev–Trinajstić information content (AvgIpc) is 2.91. The maximum Gasteiger partial charge on any atom is 3.00 e. The van der Waals surface area contributed by atoms with Gasteiger partial charge in [0, 0.05) is 49.8 Å². The second-order valence-corrected chi connectivity index (χ2v) is 11.1. The van der Waals surface area contributed by atoms with E-state index in [4.69, 9.17) is 18.9 Å². The largest absolute Gasteiger partial charge is 3.00 e. The van der Waals surface area contributed by atoms with Crippen LogP contribution in [0.4, 0.5) is 0 Å². The van der Waals surface area contributed by atoms with E-state index < -0.39 is 0 Å². The summed E-state index contributed by atoms with van der Waals surface area (Å²) in [5.41, 5.74) is 0.699. The van der Waals surface area contributed by atoms with Gasteiger partial charge in [0.15, 0.2) is 11.6 Å². The van der Waals surface area contributed by atoms with Gasteiger partial charge in [0.05, 0.1) is 39.6 Å². The van der Waals surface area contributed by atoms with Crippen LogP contribution in [0.1, 0.15) is 27.7 Å². The Bertz CT molecular complexity index is 1020. The molecule has 0 atom stereocenters. The molecule has 0 aliphatic heterocycles. The van der Waals surface area contributed by atoms with Crippen molar-refractivity contribution in [3.63, 3.8) is 0 Å². The van der Waals surface area contributed by atoms with Crippen LogP contribution in [0.5, 0.6) is 0 Å². The third-order valence-electron chi connectivity index (χ3n) is 6.22. The zero-order valence-electron chi connectivity index (χ0n) is 26.0. The van der Waals surface area contributed by atoms with E-state index in [0.717, 1.165) is 0 Å². The van der Waals surface area contributed by atoms with E-state index in [-0.39, 0.29) is 66.2 Å². The normalized spacial score (nSPS) is 17.2. The smallest absolute Gasteiger partial charge is 1.00 e. The van der Waals surface area contributed by atoms with Gasteiger partial charge >= 0.3 is 19.8 Å². The molecule has 0 heterocycles. The molecule has 0 unspecified atom stereocenters. The van der Waals surface area contributed by atoms with Gasteiger partial charge in [-0.1, -0.05) is 27.7 Å². The van der Waals surface area contributed by atoms with Gasteiger partial charge in [0.1, 0.15) is 23.0 Å². The molecule has 0 amide bonds. The molecule has 230 valence electrons. The van der Waals surface area contributed by atoms with Crippen molar-refractivity contribution in [1.29, 1.82) is 0 Å². The van der Waals surface area contributed by atoms with Crippen molar-refractivity contribution in [2.45, 2.75) is 27.7 Å². The first-order valence-corrected chi connectivity index (χ1v) is 13.2. The van der Waals surface area contributed by atoms with Gasteiger partial charge < -0.3 is 64.2 Å².